The predicted molar refractivity (Wildman–Crippen MR) is 99.5 cm³/mol. The molecule has 0 aliphatic carbocycles. The molecule has 24 heavy (non-hydrogen) atoms. The van der Waals surface area contributed by atoms with Gasteiger partial charge in [0.1, 0.15) is 6.04 Å². The number of carbonyl (C=O) groups is 1. The standard InChI is InChI=1S/C17H17BrN4O2/c1-9-3-5-13(12(18)7-9)20-16(23)10(2)19-11-4-6-14-15(8-11)22-17(24)21-14/h3-8,10,19H,1-2H3,(H,20,23)(H2,21,22,24). The molecule has 3 rings (SSSR count). The fourth-order valence-electron chi connectivity index (χ4n) is 2.40. The predicted octanol–water partition coefficient (Wildman–Crippen LogP) is 3.37. The third-order valence-corrected chi connectivity index (χ3v) is 4.33. The molecule has 0 aliphatic heterocycles. The van der Waals surface area contributed by atoms with Gasteiger partial charge in [0, 0.05) is 10.2 Å². The van der Waals surface area contributed by atoms with Crippen LogP contribution in [-0.4, -0.2) is 21.9 Å². The van der Waals surface area contributed by atoms with Crippen molar-refractivity contribution >= 4 is 44.2 Å². The van der Waals surface area contributed by atoms with Crippen LogP contribution in [0.5, 0.6) is 0 Å². The number of imidazole rings is 1. The van der Waals surface area contributed by atoms with E-state index < -0.39 is 6.04 Å². The van der Waals surface area contributed by atoms with Crippen LogP contribution in [0.15, 0.2) is 45.7 Å². The van der Waals surface area contributed by atoms with E-state index in [1.165, 1.54) is 0 Å². The number of carbonyl (C=O) groups excluding carboxylic acids is 1. The number of hydrogen-bond acceptors (Lipinski definition) is 3. The SMILES string of the molecule is Cc1ccc(NC(=O)C(C)Nc2ccc3[nH]c(=O)[nH]c3c2)c(Br)c1. The number of aryl methyl sites for hydroxylation is 1. The van der Waals surface area contributed by atoms with E-state index in [-0.39, 0.29) is 11.6 Å². The van der Waals surface area contributed by atoms with Gasteiger partial charge in [0.05, 0.1) is 16.7 Å². The van der Waals surface area contributed by atoms with Gasteiger partial charge in [-0.15, -0.1) is 0 Å². The van der Waals surface area contributed by atoms with Gasteiger partial charge in [-0.3, -0.25) is 4.79 Å². The van der Waals surface area contributed by atoms with E-state index in [0.717, 1.165) is 26.9 Å². The Balaban J connectivity index is 1.71. The molecular weight excluding hydrogens is 372 g/mol. The maximum Gasteiger partial charge on any atom is 0.323 e. The molecule has 1 atom stereocenters. The highest BCUT2D eigenvalue weighted by Crippen LogP contribution is 2.23. The van der Waals surface area contributed by atoms with Crippen molar-refractivity contribution in [3.05, 3.63) is 56.9 Å². The van der Waals surface area contributed by atoms with Crippen LogP contribution in [0.4, 0.5) is 11.4 Å². The Kier molecular flexibility index (Phi) is 4.44. The average Bonchev–Trinajstić information content (AvgIpc) is 2.89. The Morgan fingerprint density at radius 3 is 2.62 bits per heavy atom. The van der Waals surface area contributed by atoms with Crippen LogP contribution in [0.1, 0.15) is 12.5 Å². The van der Waals surface area contributed by atoms with E-state index >= 15 is 0 Å². The van der Waals surface area contributed by atoms with Crippen LogP contribution in [0, 0.1) is 6.92 Å². The summed E-state index contributed by atoms with van der Waals surface area (Å²) in [6, 6.07) is 10.7. The van der Waals surface area contributed by atoms with Crippen molar-refractivity contribution in [1.29, 1.82) is 0 Å². The van der Waals surface area contributed by atoms with Gasteiger partial charge in [0.15, 0.2) is 0 Å². The highest BCUT2D eigenvalue weighted by molar-refractivity contribution is 9.10. The number of aromatic nitrogens is 2. The molecular formula is C17H17BrN4O2. The minimum absolute atomic E-state index is 0.151. The minimum Gasteiger partial charge on any atom is -0.374 e. The molecule has 0 radical (unpaired) electrons. The zero-order chi connectivity index (χ0) is 17.3. The molecule has 7 heteroatoms. The molecule has 124 valence electrons. The topological polar surface area (TPSA) is 89.8 Å². The van der Waals surface area contributed by atoms with Gasteiger partial charge in [-0.25, -0.2) is 4.79 Å². The lowest BCUT2D eigenvalue weighted by atomic mass is 10.2. The highest BCUT2D eigenvalue weighted by atomic mass is 79.9. The molecule has 1 amide bonds. The van der Waals surface area contributed by atoms with Crippen LogP contribution in [0.25, 0.3) is 11.0 Å². The lowest BCUT2D eigenvalue weighted by molar-refractivity contribution is -0.116. The molecule has 2 aromatic carbocycles. The maximum atomic E-state index is 12.4. The quantitative estimate of drug-likeness (QED) is 0.552. The third kappa shape index (κ3) is 3.51. The van der Waals surface area contributed by atoms with Crippen molar-refractivity contribution < 1.29 is 4.79 Å². The largest absolute Gasteiger partial charge is 0.374 e. The molecule has 1 heterocycles. The van der Waals surface area contributed by atoms with E-state index in [2.05, 4.69) is 36.5 Å². The molecule has 0 saturated carbocycles. The maximum absolute atomic E-state index is 12.4. The van der Waals surface area contributed by atoms with Crippen molar-refractivity contribution in [2.75, 3.05) is 10.6 Å². The average molecular weight is 389 g/mol. The zero-order valence-corrected chi connectivity index (χ0v) is 14.8. The number of aromatic amines is 2. The fourth-order valence-corrected chi connectivity index (χ4v) is 2.99. The van der Waals surface area contributed by atoms with Crippen LogP contribution in [0.3, 0.4) is 0 Å². The summed E-state index contributed by atoms with van der Waals surface area (Å²) in [5, 5.41) is 6.02. The molecule has 0 spiro atoms. The van der Waals surface area contributed by atoms with Gasteiger partial charge < -0.3 is 20.6 Å². The molecule has 1 unspecified atom stereocenters. The summed E-state index contributed by atoms with van der Waals surface area (Å²) in [5.74, 6) is -0.151. The minimum atomic E-state index is -0.443. The first-order valence-electron chi connectivity index (χ1n) is 7.48. The van der Waals surface area contributed by atoms with E-state index in [1.54, 1.807) is 19.1 Å². The Bertz CT molecular complexity index is 961. The van der Waals surface area contributed by atoms with E-state index in [4.69, 9.17) is 0 Å². The monoisotopic (exact) mass is 388 g/mol. The second-order valence-corrected chi connectivity index (χ2v) is 6.53. The number of H-pyrrole nitrogens is 2. The van der Waals surface area contributed by atoms with Crippen molar-refractivity contribution in [2.45, 2.75) is 19.9 Å². The number of halogens is 1. The summed E-state index contributed by atoms with van der Waals surface area (Å²) < 4.78 is 0.842. The molecule has 4 N–H and O–H groups in total. The first kappa shape index (κ1) is 16.3. The summed E-state index contributed by atoms with van der Waals surface area (Å²) in [5.41, 5.74) is 3.76. The van der Waals surface area contributed by atoms with E-state index in [1.807, 2.05) is 31.2 Å². The molecule has 3 aromatic rings. The fraction of sp³-hybridized carbons (Fsp3) is 0.176. The van der Waals surface area contributed by atoms with Gasteiger partial charge in [0.25, 0.3) is 0 Å². The van der Waals surface area contributed by atoms with Crippen LogP contribution >= 0.6 is 15.9 Å². The number of nitrogens with one attached hydrogen (secondary N) is 4. The smallest absolute Gasteiger partial charge is 0.323 e. The summed E-state index contributed by atoms with van der Waals surface area (Å²) in [7, 11) is 0. The van der Waals surface area contributed by atoms with Crippen molar-refractivity contribution in [3.8, 4) is 0 Å². The van der Waals surface area contributed by atoms with Gasteiger partial charge in [-0.1, -0.05) is 6.07 Å². The number of hydrogen-bond donors (Lipinski definition) is 4. The van der Waals surface area contributed by atoms with Gasteiger partial charge >= 0.3 is 5.69 Å². The van der Waals surface area contributed by atoms with Crippen molar-refractivity contribution in [1.82, 2.24) is 9.97 Å². The molecule has 6 nitrogen and oxygen atoms in total. The lowest BCUT2D eigenvalue weighted by Gasteiger charge is -2.16. The number of amides is 1. The molecule has 1 aromatic heterocycles. The second kappa shape index (κ2) is 6.52. The number of rotatable bonds is 4. The van der Waals surface area contributed by atoms with Gasteiger partial charge in [-0.2, -0.15) is 0 Å². The van der Waals surface area contributed by atoms with Crippen molar-refractivity contribution in [3.63, 3.8) is 0 Å². The van der Waals surface area contributed by atoms with E-state index in [0.29, 0.717) is 5.52 Å². The highest BCUT2D eigenvalue weighted by Gasteiger charge is 2.14. The molecule has 0 saturated heterocycles. The Morgan fingerprint density at radius 2 is 1.88 bits per heavy atom. The summed E-state index contributed by atoms with van der Waals surface area (Å²) in [6.45, 7) is 3.77. The third-order valence-electron chi connectivity index (χ3n) is 3.67. The van der Waals surface area contributed by atoms with Crippen LogP contribution < -0.4 is 16.3 Å². The number of fused-ring (bicyclic) bond motifs is 1. The molecule has 0 fully saturated rings. The van der Waals surface area contributed by atoms with Crippen LogP contribution in [0.2, 0.25) is 0 Å². The molecule has 0 bridgehead atoms. The number of anilines is 2. The van der Waals surface area contributed by atoms with Gasteiger partial charge in [-0.05, 0) is 65.7 Å². The Labute approximate surface area is 146 Å². The van der Waals surface area contributed by atoms with Gasteiger partial charge in [0.2, 0.25) is 5.91 Å². The number of benzene rings is 2. The first-order valence-corrected chi connectivity index (χ1v) is 8.27. The zero-order valence-electron chi connectivity index (χ0n) is 13.2. The summed E-state index contributed by atoms with van der Waals surface area (Å²) >= 11 is 3.45. The Hall–Kier alpha value is -2.54. The Morgan fingerprint density at radius 1 is 1.12 bits per heavy atom. The van der Waals surface area contributed by atoms with E-state index in [9.17, 15) is 9.59 Å². The lowest BCUT2D eigenvalue weighted by Crippen LogP contribution is -2.31. The summed E-state index contributed by atoms with van der Waals surface area (Å²) in [6.07, 6.45) is 0. The van der Waals surface area contributed by atoms with Crippen molar-refractivity contribution in [2.24, 2.45) is 0 Å². The first-order chi connectivity index (χ1) is 11.4. The summed E-state index contributed by atoms with van der Waals surface area (Å²) in [4.78, 5) is 29.0. The normalized spacial score (nSPS) is 12.1. The molecule has 0 aliphatic rings. The van der Waals surface area contributed by atoms with Crippen LogP contribution in [-0.2, 0) is 4.79 Å². The second-order valence-electron chi connectivity index (χ2n) is 5.68.